The van der Waals surface area contributed by atoms with Crippen LogP contribution in [0.2, 0.25) is 0 Å². The second-order valence-electron chi connectivity index (χ2n) is 5.22. The number of carbonyl (C=O) groups excluding carboxylic acids is 1. The highest BCUT2D eigenvalue weighted by Gasteiger charge is 2.22. The molecule has 2 aromatic carbocycles. The lowest BCUT2D eigenvalue weighted by Gasteiger charge is -2.17. The Morgan fingerprint density at radius 1 is 1.04 bits per heavy atom. The summed E-state index contributed by atoms with van der Waals surface area (Å²) >= 11 is 0. The van der Waals surface area contributed by atoms with Gasteiger partial charge in [-0.2, -0.15) is 0 Å². The van der Waals surface area contributed by atoms with Crippen LogP contribution in [-0.4, -0.2) is 26.1 Å². The summed E-state index contributed by atoms with van der Waals surface area (Å²) in [5, 5.41) is 0. The SMILES string of the molecule is COc1cc(C(=O)C(C)Oc2ccc(N)cc2)c(OC)cc1C. The van der Waals surface area contributed by atoms with Crippen LogP contribution in [0.1, 0.15) is 22.8 Å². The van der Waals surface area contributed by atoms with Gasteiger partial charge in [-0.15, -0.1) is 0 Å². The van der Waals surface area contributed by atoms with Crippen LogP contribution in [0.4, 0.5) is 5.69 Å². The fourth-order valence-electron chi connectivity index (χ4n) is 2.27. The molecule has 0 saturated carbocycles. The van der Waals surface area contributed by atoms with Gasteiger partial charge in [-0.1, -0.05) is 0 Å². The Kier molecular flexibility index (Phi) is 5.11. The Balaban J connectivity index is 2.26. The molecule has 5 heteroatoms. The quantitative estimate of drug-likeness (QED) is 0.654. The molecule has 5 nitrogen and oxygen atoms in total. The summed E-state index contributed by atoms with van der Waals surface area (Å²) < 4.78 is 16.3. The van der Waals surface area contributed by atoms with E-state index in [1.165, 1.54) is 7.11 Å². The number of hydrogen-bond acceptors (Lipinski definition) is 5. The third kappa shape index (κ3) is 3.74. The molecule has 0 aliphatic heterocycles. The maximum atomic E-state index is 12.7. The van der Waals surface area contributed by atoms with Crippen molar-refractivity contribution in [1.82, 2.24) is 0 Å². The number of ether oxygens (including phenoxy) is 3. The van der Waals surface area contributed by atoms with Crippen molar-refractivity contribution >= 4 is 11.5 Å². The van der Waals surface area contributed by atoms with Crippen molar-refractivity contribution in [3.63, 3.8) is 0 Å². The summed E-state index contributed by atoms with van der Waals surface area (Å²) in [6.45, 7) is 3.59. The number of ketones is 1. The van der Waals surface area contributed by atoms with E-state index in [4.69, 9.17) is 19.9 Å². The molecule has 0 spiro atoms. The summed E-state index contributed by atoms with van der Waals surface area (Å²) in [5.41, 5.74) is 7.60. The van der Waals surface area contributed by atoms with E-state index >= 15 is 0 Å². The minimum atomic E-state index is -0.667. The Hall–Kier alpha value is -2.69. The first-order valence-corrected chi connectivity index (χ1v) is 7.25. The van der Waals surface area contributed by atoms with Crippen LogP contribution in [0, 0.1) is 6.92 Å². The molecule has 0 saturated heterocycles. The molecule has 0 bridgehead atoms. The van der Waals surface area contributed by atoms with Crippen molar-refractivity contribution in [2.45, 2.75) is 20.0 Å². The molecule has 0 aliphatic carbocycles. The summed E-state index contributed by atoms with van der Waals surface area (Å²) in [6, 6.07) is 10.4. The summed E-state index contributed by atoms with van der Waals surface area (Å²) in [5.74, 6) is 1.53. The van der Waals surface area contributed by atoms with Gasteiger partial charge in [0, 0.05) is 5.69 Å². The number of nitrogen functional groups attached to an aromatic ring is 1. The number of anilines is 1. The summed E-state index contributed by atoms with van der Waals surface area (Å²) in [4.78, 5) is 12.7. The highest BCUT2D eigenvalue weighted by molar-refractivity contribution is 6.02. The first-order valence-electron chi connectivity index (χ1n) is 7.25. The highest BCUT2D eigenvalue weighted by Crippen LogP contribution is 2.29. The van der Waals surface area contributed by atoms with Crippen molar-refractivity contribution in [3.05, 3.63) is 47.5 Å². The number of nitrogens with two attached hydrogens (primary N) is 1. The van der Waals surface area contributed by atoms with Crippen molar-refractivity contribution in [1.29, 1.82) is 0 Å². The lowest BCUT2D eigenvalue weighted by molar-refractivity contribution is 0.0814. The fraction of sp³-hybridized carbons (Fsp3) is 0.278. The second kappa shape index (κ2) is 7.05. The zero-order valence-electron chi connectivity index (χ0n) is 13.8. The predicted molar refractivity (Wildman–Crippen MR) is 89.6 cm³/mol. The number of benzene rings is 2. The van der Waals surface area contributed by atoms with Crippen LogP contribution in [0.25, 0.3) is 0 Å². The molecule has 0 aromatic heterocycles. The van der Waals surface area contributed by atoms with Crippen LogP contribution < -0.4 is 19.9 Å². The van der Waals surface area contributed by atoms with Crippen molar-refractivity contribution in [3.8, 4) is 17.2 Å². The zero-order chi connectivity index (χ0) is 17.0. The smallest absolute Gasteiger partial charge is 0.206 e. The van der Waals surface area contributed by atoms with Gasteiger partial charge in [-0.05, 0) is 55.8 Å². The van der Waals surface area contributed by atoms with Gasteiger partial charge in [0.1, 0.15) is 17.2 Å². The highest BCUT2D eigenvalue weighted by atomic mass is 16.5. The van der Waals surface area contributed by atoms with Crippen molar-refractivity contribution in [2.75, 3.05) is 20.0 Å². The van der Waals surface area contributed by atoms with Gasteiger partial charge in [0.15, 0.2) is 6.10 Å². The van der Waals surface area contributed by atoms with Gasteiger partial charge in [0.2, 0.25) is 5.78 Å². The maximum Gasteiger partial charge on any atom is 0.206 e. The second-order valence-corrected chi connectivity index (χ2v) is 5.22. The lowest BCUT2D eigenvalue weighted by atomic mass is 10.0. The number of Topliss-reactive ketones (excluding diaryl/α,β-unsaturated/α-hetero) is 1. The minimum absolute atomic E-state index is 0.183. The molecule has 1 atom stereocenters. The molecular formula is C18H21NO4. The molecule has 0 heterocycles. The maximum absolute atomic E-state index is 12.7. The standard InChI is InChI=1S/C18H21NO4/c1-11-9-17(22-4)15(10-16(11)21-3)18(20)12(2)23-14-7-5-13(19)6-8-14/h5-10,12H,19H2,1-4H3. The Labute approximate surface area is 136 Å². The van der Waals surface area contributed by atoms with E-state index in [1.807, 2.05) is 6.92 Å². The average Bonchev–Trinajstić information content (AvgIpc) is 2.55. The van der Waals surface area contributed by atoms with E-state index < -0.39 is 6.10 Å². The molecule has 0 amide bonds. The first-order chi connectivity index (χ1) is 11.0. The minimum Gasteiger partial charge on any atom is -0.496 e. The van der Waals surface area contributed by atoms with Gasteiger partial charge in [-0.3, -0.25) is 4.79 Å². The van der Waals surface area contributed by atoms with E-state index in [0.717, 1.165) is 5.56 Å². The molecular weight excluding hydrogens is 294 g/mol. The van der Waals surface area contributed by atoms with Crippen LogP contribution in [0.3, 0.4) is 0 Å². The third-order valence-corrected chi connectivity index (χ3v) is 3.54. The monoisotopic (exact) mass is 315 g/mol. The van der Waals surface area contributed by atoms with Crippen LogP contribution in [0.15, 0.2) is 36.4 Å². The molecule has 2 rings (SSSR count). The van der Waals surface area contributed by atoms with Crippen molar-refractivity contribution in [2.24, 2.45) is 0 Å². The fourth-order valence-corrected chi connectivity index (χ4v) is 2.27. The normalized spacial score (nSPS) is 11.7. The molecule has 122 valence electrons. The van der Waals surface area contributed by atoms with Crippen LogP contribution in [-0.2, 0) is 0 Å². The number of methoxy groups -OCH3 is 2. The molecule has 2 N–H and O–H groups in total. The van der Waals surface area contributed by atoms with Gasteiger partial charge in [0.05, 0.1) is 19.8 Å². The largest absolute Gasteiger partial charge is 0.496 e. The third-order valence-electron chi connectivity index (χ3n) is 3.54. The van der Waals surface area contributed by atoms with Crippen LogP contribution >= 0.6 is 0 Å². The average molecular weight is 315 g/mol. The molecule has 0 aliphatic rings. The van der Waals surface area contributed by atoms with E-state index in [1.54, 1.807) is 50.4 Å². The first kappa shape index (κ1) is 16.7. The van der Waals surface area contributed by atoms with Gasteiger partial charge in [0.25, 0.3) is 0 Å². The number of aryl methyl sites for hydroxylation is 1. The molecule has 2 aromatic rings. The number of rotatable bonds is 6. The van der Waals surface area contributed by atoms with E-state index in [-0.39, 0.29) is 5.78 Å². The van der Waals surface area contributed by atoms with E-state index in [2.05, 4.69) is 0 Å². The van der Waals surface area contributed by atoms with Crippen molar-refractivity contribution < 1.29 is 19.0 Å². The van der Waals surface area contributed by atoms with E-state index in [0.29, 0.717) is 28.5 Å². The van der Waals surface area contributed by atoms with Gasteiger partial charge >= 0.3 is 0 Å². The predicted octanol–water partition coefficient (Wildman–Crippen LogP) is 3.24. The molecule has 23 heavy (non-hydrogen) atoms. The van der Waals surface area contributed by atoms with Gasteiger partial charge in [-0.25, -0.2) is 0 Å². The molecule has 1 unspecified atom stereocenters. The Morgan fingerprint density at radius 3 is 2.22 bits per heavy atom. The Bertz CT molecular complexity index is 695. The lowest BCUT2D eigenvalue weighted by Crippen LogP contribution is -2.24. The Morgan fingerprint density at radius 2 is 1.65 bits per heavy atom. The topological polar surface area (TPSA) is 70.8 Å². The molecule has 0 fully saturated rings. The summed E-state index contributed by atoms with van der Waals surface area (Å²) in [7, 11) is 3.10. The van der Waals surface area contributed by atoms with Gasteiger partial charge < -0.3 is 19.9 Å². The van der Waals surface area contributed by atoms with E-state index in [9.17, 15) is 4.79 Å². The number of carbonyl (C=O) groups is 1. The summed E-state index contributed by atoms with van der Waals surface area (Å²) in [6.07, 6.45) is -0.667. The number of hydrogen-bond donors (Lipinski definition) is 1. The zero-order valence-corrected chi connectivity index (χ0v) is 13.8. The molecule has 0 radical (unpaired) electrons. The van der Waals surface area contributed by atoms with Crippen LogP contribution in [0.5, 0.6) is 17.2 Å².